The second-order valence-electron chi connectivity index (χ2n) is 6.02. The van der Waals surface area contributed by atoms with Crippen LogP contribution < -0.4 is 0 Å². The average molecular weight is 393 g/mol. The van der Waals surface area contributed by atoms with E-state index in [0.29, 0.717) is 16.8 Å². The molecule has 0 unspecified atom stereocenters. The summed E-state index contributed by atoms with van der Waals surface area (Å²) in [6.45, 7) is 6.08. The molecule has 27 heavy (non-hydrogen) atoms. The number of aromatic nitrogens is 1. The smallest absolute Gasteiger partial charge is 0.339 e. The van der Waals surface area contributed by atoms with Crippen molar-refractivity contribution in [3.8, 4) is 0 Å². The SMILES string of the molecule is CC(=O)c1c(C)[nH]c(C(=O)[C@H](C)OC(=O)c2ccc(Cl)c([N+](=O)[O-])c2)c1C. The van der Waals surface area contributed by atoms with E-state index in [4.69, 9.17) is 16.3 Å². The average Bonchev–Trinajstić information content (AvgIpc) is 2.88. The standard InChI is InChI=1S/C18H17ClN2O6/c1-8-15(10(3)22)9(2)20-16(8)17(23)11(4)27-18(24)12-5-6-13(19)14(7-12)21(25)26/h5-7,11,20H,1-4H3/t11-/m0/s1. The molecule has 8 nitrogen and oxygen atoms in total. The number of nitrogens with one attached hydrogen (secondary N) is 1. The zero-order valence-electron chi connectivity index (χ0n) is 15.1. The predicted molar refractivity (Wildman–Crippen MR) is 97.6 cm³/mol. The zero-order chi connectivity index (χ0) is 20.5. The number of hydrogen-bond donors (Lipinski definition) is 1. The molecule has 0 aliphatic rings. The number of esters is 1. The molecule has 1 aromatic heterocycles. The number of benzene rings is 1. The van der Waals surface area contributed by atoms with Gasteiger partial charge in [0, 0.05) is 17.3 Å². The number of halogens is 1. The summed E-state index contributed by atoms with van der Waals surface area (Å²) < 4.78 is 5.13. The first kappa shape index (κ1) is 20.3. The fourth-order valence-corrected chi connectivity index (χ4v) is 2.98. The van der Waals surface area contributed by atoms with Crippen molar-refractivity contribution in [3.63, 3.8) is 0 Å². The number of ether oxygens (including phenoxy) is 1. The van der Waals surface area contributed by atoms with Crippen LogP contribution in [-0.2, 0) is 4.74 Å². The molecule has 0 fully saturated rings. The number of nitrogens with zero attached hydrogens (tertiary/aromatic N) is 1. The second kappa shape index (κ2) is 7.71. The Bertz CT molecular complexity index is 963. The minimum atomic E-state index is -1.16. The van der Waals surface area contributed by atoms with Gasteiger partial charge in [-0.15, -0.1) is 0 Å². The summed E-state index contributed by atoms with van der Waals surface area (Å²) in [6.07, 6.45) is -1.16. The van der Waals surface area contributed by atoms with E-state index in [1.54, 1.807) is 13.8 Å². The highest BCUT2D eigenvalue weighted by Crippen LogP contribution is 2.26. The van der Waals surface area contributed by atoms with Crippen LogP contribution in [-0.4, -0.2) is 33.5 Å². The molecule has 2 rings (SSSR count). The van der Waals surface area contributed by atoms with E-state index in [1.165, 1.54) is 26.0 Å². The fourth-order valence-electron chi connectivity index (χ4n) is 2.79. The van der Waals surface area contributed by atoms with Crippen LogP contribution in [0.15, 0.2) is 18.2 Å². The van der Waals surface area contributed by atoms with Gasteiger partial charge in [-0.25, -0.2) is 4.79 Å². The van der Waals surface area contributed by atoms with Crippen molar-refractivity contribution in [3.05, 3.63) is 61.4 Å². The minimum absolute atomic E-state index is 0.102. The van der Waals surface area contributed by atoms with E-state index >= 15 is 0 Å². The molecule has 1 atom stereocenters. The lowest BCUT2D eigenvalue weighted by Gasteiger charge is -2.12. The molecule has 1 aromatic carbocycles. The first-order valence-corrected chi connectivity index (χ1v) is 8.31. The zero-order valence-corrected chi connectivity index (χ0v) is 15.8. The van der Waals surface area contributed by atoms with Crippen molar-refractivity contribution in [1.82, 2.24) is 4.98 Å². The van der Waals surface area contributed by atoms with Crippen LogP contribution in [0.25, 0.3) is 0 Å². The lowest BCUT2D eigenvalue weighted by atomic mass is 10.0. The summed E-state index contributed by atoms with van der Waals surface area (Å²) in [5, 5.41) is 10.8. The Morgan fingerprint density at radius 2 is 1.89 bits per heavy atom. The maximum atomic E-state index is 12.6. The Hall–Kier alpha value is -3.00. The van der Waals surface area contributed by atoms with Crippen LogP contribution in [0.3, 0.4) is 0 Å². The van der Waals surface area contributed by atoms with Gasteiger partial charge >= 0.3 is 5.97 Å². The molecule has 0 amide bonds. The highest BCUT2D eigenvalue weighted by molar-refractivity contribution is 6.32. The summed E-state index contributed by atoms with van der Waals surface area (Å²) in [7, 11) is 0. The molecule has 1 heterocycles. The molecule has 142 valence electrons. The van der Waals surface area contributed by atoms with Crippen molar-refractivity contribution < 1.29 is 24.0 Å². The maximum absolute atomic E-state index is 12.6. The van der Waals surface area contributed by atoms with Crippen molar-refractivity contribution in [2.75, 3.05) is 0 Å². The van der Waals surface area contributed by atoms with Gasteiger partial charge in [-0.2, -0.15) is 0 Å². The maximum Gasteiger partial charge on any atom is 0.339 e. The van der Waals surface area contributed by atoms with Crippen LogP contribution in [0, 0.1) is 24.0 Å². The molecule has 2 aromatic rings. The van der Waals surface area contributed by atoms with Gasteiger partial charge in [0.15, 0.2) is 11.9 Å². The summed E-state index contributed by atoms with van der Waals surface area (Å²) in [5.74, 6) is -1.60. The number of aromatic amines is 1. The molecule has 0 aliphatic heterocycles. The third kappa shape index (κ3) is 4.06. The lowest BCUT2D eigenvalue weighted by molar-refractivity contribution is -0.384. The Morgan fingerprint density at radius 1 is 1.26 bits per heavy atom. The van der Waals surface area contributed by atoms with Crippen molar-refractivity contribution in [1.29, 1.82) is 0 Å². The monoisotopic (exact) mass is 392 g/mol. The van der Waals surface area contributed by atoms with Crippen molar-refractivity contribution in [2.24, 2.45) is 0 Å². The van der Waals surface area contributed by atoms with E-state index in [0.717, 1.165) is 6.07 Å². The third-order valence-corrected chi connectivity index (χ3v) is 4.39. The Kier molecular flexibility index (Phi) is 5.80. The Balaban J connectivity index is 2.23. The number of carbonyl (C=O) groups is 3. The highest BCUT2D eigenvalue weighted by Gasteiger charge is 2.27. The lowest BCUT2D eigenvalue weighted by Crippen LogP contribution is -2.25. The van der Waals surface area contributed by atoms with Crippen LogP contribution in [0.1, 0.15) is 56.3 Å². The number of rotatable bonds is 6. The molecule has 0 radical (unpaired) electrons. The molecule has 0 saturated carbocycles. The topological polar surface area (TPSA) is 119 Å². The van der Waals surface area contributed by atoms with Crippen molar-refractivity contribution >= 4 is 34.8 Å². The summed E-state index contributed by atoms with van der Waals surface area (Å²) >= 11 is 5.71. The third-order valence-electron chi connectivity index (χ3n) is 4.07. The number of carbonyl (C=O) groups excluding carboxylic acids is 3. The molecular weight excluding hydrogens is 376 g/mol. The van der Waals surface area contributed by atoms with Gasteiger partial charge in [-0.1, -0.05) is 11.6 Å². The number of Topliss-reactive ketones (excluding diaryl/α,β-unsaturated/α-hetero) is 2. The van der Waals surface area contributed by atoms with Gasteiger partial charge in [-0.3, -0.25) is 19.7 Å². The van der Waals surface area contributed by atoms with E-state index < -0.39 is 28.5 Å². The number of nitro groups is 1. The molecule has 9 heteroatoms. The van der Waals surface area contributed by atoms with E-state index in [1.807, 2.05) is 0 Å². The molecule has 1 N–H and O–H groups in total. The van der Waals surface area contributed by atoms with E-state index in [-0.39, 0.29) is 22.1 Å². The fraction of sp³-hybridized carbons (Fsp3) is 0.278. The van der Waals surface area contributed by atoms with Gasteiger partial charge in [0.05, 0.1) is 16.2 Å². The van der Waals surface area contributed by atoms with E-state index in [9.17, 15) is 24.5 Å². The van der Waals surface area contributed by atoms with Crippen LogP contribution >= 0.6 is 11.6 Å². The number of hydrogen-bond acceptors (Lipinski definition) is 6. The van der Waals surface area contributed by atoms with E-state index in [2.05, 4.69) is 4.98 Å². The first-order chi connectivity index (χ1) is 12.5. The summed E-state index contributed by atoms with van der Waals surface area (Å²) in [6, 6.07) is 3.47. The van der Waals surface area contributed by atoms with Gasteiger partial charge < -0.3 is 9.72 Å². The number of nitro benzene ring substituents is 1. The molecule has 0 spiro atoms. The number of ketones is 2. The highest BCUT2D eigenvalue weighted by atomic mass is 35.5. The molecule has 0 aliphatic carbocycles. The number of H-pyrrole nitrogens is 1. The minimum Gasteiger partial charge on any atom is -0.451 e. The normalized spacial score (nSPS) is 11.7. The van der Waals surface area contributed by atoms with Crippen LogP contribution in [0.5, 0.6) is 0 Å². The molecule has 0 saturated heterocycles. The van der Waals surface area contributed by atoms with Gasteiger partial charge in [0.1, 0.15) is 5.02 Å². The Morgan fingerprint density at radius 3 is 2.41 bits per heavy atom. The molecule has 0 bridgehead atoms. The molecular formula is C18H17ClN2O6. The quantitative estimate of drug-likeness (QED) is 0.345. The summed E-state index contributed by atoms with van der Waals surface area (Å²) in [4.78, 5) is 49.6. The number of aryl methyl sites for hydroxylation is 1. The van der Waals surface area contributed by atoms with Crippen LogP contribution in [0.2, 0.25) is 5.02 Å². The van der Waals surface area contributed by atoms with Crippen molar-refractivity contribution in [2.45, 2.75) is 33.8 Å². The van der Waals surface area contributed by atoms with Gasteiger partial charge in [0.25, 0.3) is 5.69 Å². The summed E-state index contributed by atoms with van der Waals surface area (Å²) in [5.41, 5.74) is 1.09. The first-order valence-electron chi connectivity index (χ1n) is 7.93. The van der Waals surface area contributed by atoms with Crippen LogP contribution in [0.4, 0.5) is 5.69 Å². The predicted octanol–water partition coefficient (Wildman–Crippen LogP) is 3.82. The second-order valence-corrected chi connectivity index (χ2v) is 6.42. The largest absolute Gasteiger partial charge is 0.451 e. The Labute approximate surface area is 159 Å². The van der Waals surface area contributed by atoms with Gasteiger partial charge in [0.2, 0.25) is 5.78 Å². The van der Waals surface area contributed by atoms with Gasteiger partial charge in [-0.05, 0) is 45.4 Å².